The summed E-state index contributed by atoms with van der Waals surface area (Å²) in [6.07, 6.45) is 3.17. The molecule has 1 aliphatic carbocycles. The molecule has 7 heteroatoms. The summed E-state index contributed by atoms with van der Waals surface area (Å²) >= 11 is 0. The third-order valence-corrected chi connectivity index (χ3v) is 4.50. The fourth-order valence-corrected chi connectivity index (χ4v) is 2.90. The molecule has 0 radical (unpaired) electrons. The van der Waals surface area contributed by atoms with Gasteiger partial charge in [-0.3, -0.25) is 4.79 Å². The number of hydrogen-bond donors (Lipinski definition) is 1. The first-order valence-electron chi connectivity index (χ1n) is 8.00. The van der Waals surface area contributed by atoms with Crippen LogP contribution >= 0.6 is 0 Å². The van der Waals surface area contributed by atoms with Gasteiger partial charge in [-0.1, -0.05) is 12.1 Å². The van der Waals surface area contributed by atoms with Crippen LogP contribution in [0, 0.1) is 5.82 Å². The number of hydrogen-bond acceptors (Lipinski definition) is 4. The molecule has 2 aromatic rings. The predicted molar refractivity (Wildman–Crippen MR) is 85.8 cm³/mol. The molecule has 1 N–H and O–H groups in total. The maximum atomic E-state index is 13.1. The van der Waals surface area contributed by atoms with Crippen LogP contribution in [0.15, 0.2) is 30.6 Å². The summed E-state index contributed by atoms with van der Waals surface area (Å²) in [6, 6.07) is 5.90. The molecule has 0 saturated heterocycles. The van der Waals surface area contributed by atoms with E-state index in [1.807, 2.05) is 11.5 Å². The number of halogens is 1. The summed E-state index contributed by atoms with van der Waals surface area (Å²) in [5, 5.41) is 11.0. The Bertz CT molecular complexity index is 710. The molecule has 3 rings (SSSR count). The summed E-state index contributed by atoms with van der Waals surface area (Å²) in [7, 11) is 1.63. The first-order valence-corrected chi connectivity index (χ1v) is 8.00. The normalized spacial score (nSPS) is 16.6. The van der Waals surface area contributed by atoms with Crippen molar-refractivity contribution in [1.82, 2.24) is 20.1 Å². The number of amides is 1. The van der Waals surface area contributed by atoms with Crippen LogP contribution in [-0.4, -0.2) is 34.4 Å². The molecule has 1 aromatic carbocycles. The van der Waals surface area contributed by atoms with Gasteiger partial charge >= 0.3 is 0 Å². The lowest BCUT2D eigenvalue weighted by Crippen LogP contribution is -2.37. The van der Waals surface area contributed by atoms with E-state index in [-0.39, 0.29) is 17.8 Å². The molecular formula is C17H21FN4O2. The molecule has 0 aliphatic heterocycles. The minimum Gasteiger partial charge on any atom is -0.383 e. The monoisotopic (exact) mass is 332 g/mol. The Balaban J connectivity index is 1.70. The standard InChI is InChI=1S/C17H21FN4O2/c1-12(15-21-19-11-22(15)9-10-24-2)20-16(23)17(7-8-17)13-3-5-14(18)6-4-13/h3-6,11-12H,7-10H2,1-2H3,(H,20,23)/t12-/m1/s1. The van der Waals surface area contributed by atoms with Crippen LogP contribution in [0.2, 0.25) is 0 Å². The molecule has 1 fully saturated rings. The van der Waals surface area contributed by atoms with Crippen LogP contribution in [0.25, 0.3) is 0 Å². The van der Waals surface area contributed by atoms with Crippen LogP contribution in [-0.2, 0) is 21.5 Å². The molecule has 1 atom stereocenters. The van der Waals surface area contributed by atoms with Gasteiger partial charge in [-0.2, -0.15) is 0 Å². The molecule has 1 saturated carbocycles. The lowest BCUT2D eigenvalue weighted by molar-refractivity contribution is -0.124. The minimum absolute atomic E-state index is 0.0529. The quantitative estimate of drug-likeness (QED) is 0.842. The number of nitrogens with zero attached hydrogens (tertiary/aromatic N) is 3. The maximum Gasteiger partial charge on any atom is 0.231 e. The van der Waals surface area contributed by atoms with E-state index in [9.17, 15) is 9.18 Å². The van der Waals surface area contributed by atoms with Gasteiger partial charge in [0.05, 0.1) is 18.1 Å². The van der Waals surface area contributed by atoms with Crippen molar-refractivity contribution in [3.63, 3.8) is 0 Å². The lowest BCUT2D eigenvalue weighted by atomic mass is 9.94. The first-order chi connectivity index (χ1) is 11.6. The highest BCUT2D eigenvalue weighted by atomic mass is 19.1. The van der Waals surface area contributed by atoms with Gasteiger partial charge in [0.2, 0.25) is 5.91 Å². The van der Waals surface area contributed by atoms with E-state index < -0.39 is 5.41 Å². The highest BCUT2D eigenvalue weighted by Crippen LogP contribution is 2.48. The second-order valence-electron chi connectivity index (χ2n) is 6.16. The van der Waals surface area contributed by atoms with Crippen molar-refractivity contribution >= 4 is 5.91 Å². The number of aromatic nitrogens is 3. The van der Waals surface area contributed by atoms with Crippen LogP contribution < -0.4 is 5.32 Å². The van der Waals surface area contributed by atoms with Crippen molar-refractivity contribution < 1.29 is 13.9 Å². The highest BCUT2D eigenvalue weighted by Gasteiger charge is 2.51. The van der Waals surface area contributed by atoms with E-state index in [4.69, 9.17) is 4.74 Å². The number of nitrogens with one attached hydrogen (secondary N) is 1. The molecule has 24 heavy (non-hydrogen) atoms. The molecule has 1 amide bonds. The number of carbonyl (C=O) groups is 1. The average molecular weight is 332 g/mol. The molecular weight excluding hydrogens is 311 g/mol. The fraction of sp³-hybridized carbons (Fsp3) is 0.471. The van der Waals surface area contributed by atoms with Crippen molar-refractivity contribution in [3.8, 4) is 0 Å². The summed E-state index contributed by atoms with van der Waals surface area (Å²) < 4.78 is 20.0. The summed E-state index contributed by atoms with van der Waals surface area (Å²) in [4.78, 5) is 12.8. The molecule has 128 valence electrons. The Hall–Kier alpha value is -2.28. The number of rotatable bonds is 7. The van der Waals surface area contributed by atoms with E-state index in [0.717, 1.165) is 18.4 Å². The number of methoxy groups -OCH3 is 1. The minimum atomic E-state index is -0.542. The Labute approximate surface area is 140 Å². The highest BCUT2D eigenvalue weighted by molar-refractivity contribution is 5.91. The third kappa shape index (κ3) is 3.17. The third-order valence-electron chi connectivity index (χ3n) is 4.50. The van der Waals surface area contributed by atoms with Crippen molar-refractivity contribution in [3.05, 3.63) is 47.8 Å². The molecule has 1 heterocycles. The van der Waals surface area contributed by atoms with E-state index in [1.165, 1.54) is 12.1 Å². The van der Waals surface area contributed by atoms with Crippen LogP contribution in [0.4, 0.5) is 4.39 Å². The number of ether oxygens (including phenoxy) is 1. The molecule has 1 aromatic heterocycles. The Morgan fingerprint density at radius 3 is 2.75 bits per heavy atom. The Kier molecular flexibility index (Phi) is 4.62. The SMILES string of the molecule is COCCn1cnnc1[C@@H](C)NC(=O)C1(c2ccc(F)cc2)CC1. The smallest absolute Gasteiger partial charge is 0.231 e. The largest absolute Gasteiger partial charge is 0.383 e. The van der Waals surface area contributed by atoms with Crippen LogP contribution in [0.3, 0.4) is 0 Å². The maximum absolute atomic E-state index is 13.1. The van der Waals surface area contributed by atoms with Crippen molar-refractivity contribution in [2.24, 2.45) is 0 Å². The van der Waals surface area contributed by atoms with Gasteiger partial charge in [-0.25, -0.2) is 4.39 Å². The topological polar surface area (TPSA) is 69.0 Å². The second kappa shape index (κ2) is 6.68. The number of benzene rings is 1. The lowest BCUT2D eigenvalue weighted by Gasteiger charge is -2.20. The second-order valence-corrected chi connectivity index (χ2v) is 6.16. The molecule has 0 bridgehead atoms. The van der Waals surface area contributed by atoms with Crippen molar-refractivity contribution in [2.45, 2.75) is 37.8 Å². The average Bonchev–Trinajstić information content (AvgIpc) is 3.25. The molecule has 1 aliphatic rings. The van der Waals surface area contributed by atoms with Gasteiger partial charge in [-0.15, -0.1) is 10.2 Å². The van der Waals surface area contributed by atoms with E-state index in [2.05, 4.69) is 15.5 Å². The Morgan fingerprint density at radius 1 is 1.42 bits per heavy atom. The summed E-state index contributed by atoms with van der Waals surface area (Å²) in [6.45, 7) is 3.05. The van der Waals surface area contributed by atoms with Gasteiger partial charge in [0.25, 0.3) is 0 Å². The molecule has 0 spiro atoms. The van der Waals surface area contributed by atoms with E-state index >= 15 is 0 Å². The van der Waals surface area contributed by atoms with Crippen LogP contribution in [0.5, 0.6) is 0 Å². The van der Waals surface area contributed by atoms with Gasteiger partial charge in [0, 0.05) is 13.7 Å². The summed E-state index contributed by atoms with van der Waals surface area (Å²) in [5.41, 5.74) is 0.314. The molecule has 6 nitrogen and oxygen atoms in total. The zero-order valence-corrected chi connectivity index (χ0v) is 13.8. The van der Waals surface area contributed by atoms with E-state index in [0.29, 0.717) is 19.0 Å². The zero-order valence-electron chi connectivity index (χ0n) is 13.8. The van der Waals surface area contributed by atoms with Gasteiger partial charge in [-0.05, 0) is 37.5 Å². The van der Waals surface area contributed by atoms with Crippen molar-refractivity contribution in [2.75, 3.05) is 13.7 Å². The Morgan fingerprint density at radius 2 is 2.12 bits per heavy atom. The van der Waals surface area contributed by atoms with Crippen LogP contribution in [0.1, 0.15) is 37.2 Å². The predicted octanol–water partition coefficient (Wildman–Crippen LogP) is 1.97. The summed E-state index contributed by atoms with van der Waals surface area (Å²) in [5.74, 6) is 0.341. The zero-order chi connectivity index (χ0) is 17.2. The van der Waals surface area contributed by atoms with Gasteiger partial charge < -0.3 is 14.6 Å². The van der Waals surface area contributed by atoms with E-state index in [1.54, 1.807) is 25.6 Å². The number of carbonyl (C=O) groups excluding carboxylic acids is 1. The fourth-order valence-electron chi connectivity index (χ4n) is 2.90. The first kappa shape index (κ1) is 16.6. The van der Waals surface area contributed by atoms with Gasteiger partial charge in [0.15, 0.2) is 5.82 Å². The van der Waals surface area contributed by atoms with Crippen molar-refractivity contribution in [1.29, 1.82) is 0 Å². The molecule has 0 unspecified atom stereocenters. The van der Waals surface area contributed by atoms with Gasteiger partial charge in [0.1, 0.15) is 12.1 Å².